The third kappa shape index (κ3) is 3.43. The Kier molecular flexibility index (Phi) is 4.22. The molecule has 0 saturated carbocycles. The van der Waals surface area contributed by atoms with Gasteiger partial charge in [-0.3, -0.25) is 5.32 Å². The predicted octanol–water partition coefficient (Wildman–Crippen LogP) is 3.35. The van der Waals surface area contributed by atoms with E-state index in [0.29, 0.717) is 13.2 Å². The monoisotopic (exact) mass is 302 g/mol. The van der Waals surface area contributed by atoms with E-state index in [0.717, 1.165) is 11.4 Å². The van der Waals surface area contributed by atoms with E-state index in [1.807, 2.05) is 23.6 Å². The van der Waals surface area contributed by atoms with Gasteiger partial charge < -0.3 is 9.64 Å². The molecule has 1 N–H and O–H groups in total. The minimum atomic E-state index is -0.0973. The molecule has 2 aromatic rings. The van der Waals surface area contributed by atoms with Crippen LogP contribution < -0.4 is 5.32 Å². The van der Waals surface area contributed by atoms with E-state index in [9.17, 15) is 4.79 Å². The molecule has 0 aliphatic carbocycles. The standard InChI is InChI=1S/C16H18N2O2S/c1-18(16(19)17-15-7-4-8-21-15)10-14-9-12-5-2-3-6-13(12)11-20-14/h2-8,14H,9-11H2,1H3,(H,17,19)/t14-/m1/s1. The van der Waals surface area contributed by atoms with Crippen LogP contribution in [0.1, 0.15) is 11.1 Å². The van der Waals surface area contributed by atoms with Crippen molar-refractivity contribution in [2.24, 2.45) is 0 Å². The lowest BCUT2D eigenvalue weighted by atomic mass is 9.99. The molecule has 0 radical (unpaired) electrons. The highest BCUT2D eigenvalue weighted by molar-refractivity contribution is 7.14. The van der Waals surface area contributed by atoms with Crippen LogP contribution in [0.5, 0.6) is 0 Å². The number of amides is 2. The van der Waals surface area contributed by atoms with Gasteiger partial charge in [-0.25, -0.2) is 4.79 Å². The van der Waals surface area contributed by atoms with Crippen molar-refractivity contribution in [2.45, 2.75) is 19.1 Å². The third-order valence-electron chi connectivity index (χ3n) is 3.62. The topological polar surface area (TPSA) is 41.6 Å². The Bertz CT molecular complexity index is 612. The number of anilines is 1. The van der Waals surface area contributed by atoms with Crippen LogP contribution in [0.2, 0.25) is 0 Å². The lowest BCUT2D eigenvalue weighted by molar-refractivity contribution is 0.0159. The van der Waals surface area contributed by atoms with Gasteiger partial charge in [0.05, 0.1) is 17.7 Å². The fourth-order valence-corrected chi connectivity index (χ4v) is 3.07. The summed E-state index contributed by atoms with van der Waals surface area (Å²) in [6.07, 6.45) is 0.909. The molecule has 0 spiro atoms. The fourth-order valence-electron chi connectivity index (χ4n) is 2.47. The summed E-state index contributed by atoms with van der Waals surface area (Å²) in [6, 6.07) is 12.0. The Morgan fingerprint density at radius 1 is 1.33 bits per heavy atom. The van der Waals surface area contributed by atoms with Crippen LogP contribution >= 0.6 is 11.3 Å². The van der Waals surface area contributed by atoms with Crippen LogP contribution in [0.4, 0.5) is 9.80 Å². The summed E-state index contributed by atoms with van der Waals surface area (Å²) in [5.74, 6) is 0. The van der Waals surface area contributed by atoms with Gasteiger partial charge >= 0.3 is 6.03 Å². The molecule has 2 amide bonds. The van der Waals surface area contributed by atoms with Crippen molar-refractivity contribution >= 4 is 22.4 Å². The zero-order valence-corrected chi connectivity index (χ0v) is 12.7. The highest BCUT2D eigenvalue weighted by Crippen LogP contribution is 2.21. The molecule has 3 rings (SSSR count). The summed E-state index contributed by atoms with van der Waals surface area (Å²) >= 11 is 1.52. The van der Waals surface area contributed by atoms with E-state index in [-0.39, 0.29) is 12.1 Å². The summed E-state index contributed by atoms with van der Waals surface area (Å²) in [7, 11) is 1.80. The molecule has 1 aliphatic heterocycles. The predicted molar refractivity (Wildman–Crippen MR) is 84.7 cm³/mol. The average Bonchev–Trinajstić information content (AvgIpc) is 3.00. The van der Waals surface area contributed by atoms with Gasteiger partial charge in [0.1, 0.15) is 0 Å². The number of rotatable bonds is 3. The van der Waals surface area contributed by atoms with E-state index in [1.54, 1.807) is 11.9 Å². The maximum atomic E-state index is 12.1. The molecule has 1 aliphatic rings. The number of urea groups is 1. The van der Waals surface area contributed by atoms with Crippen LogP contribution in [0.3, 0.4) is 0 Å². The number of thiophene rings is 1. The first-order valence-corrected chi connectivity index (χ1v) is 7.84. The molecular formula is C16H18N2O2S. The smallest absolute Gasteiger partial charge is 0.322 e. The van der Waals surface area contributed by atoms with E-state index < -0.39 is 0 Å². The highest BCUT2D eigenvalue weighted by atomic mass is 32.1. The third-order valence-corrected chi connectivity index (χ3v) is 4.40. The van der Waals surface area contributed by atoms with Crippen LogP contribution in [-0.4, -0.2) is 30.6 Å². The Labute approximate surface area is 128 Å². The van der Waals surface area contributed by atoms with E-state index in [2.05, 4.69) is 23.5 Å². The molecule has 5 heteroatoms. The summed E-state index contributed by atoms with van der Waals surface area (Å²) in [4.78, 5) is 13.8. The maximum Gasteiger partial charge on any atom is 0.322 e. The number of likely N-dealkylation sites (N-methyl/N-ethyl adjacent to an activating group) is 1. The molecule has 0 saturated heterocycles. The van der Waals surface area contributed by atoms with Crippen molar-refractivity contribution in [1.29, 1.82) is 0 Å². The number of benzene rings is 1. The summed E-state index contributed by atoms with van der Waals surface area (Å²) in [5.41, 5.74) is 2.57. The molecule has 0 unspecified atom stereocenters. The molecule has 1 aromatic carbocycles. The fraction of sp³-hybridized carbons (Fsp3) is 0.312. The molecule has 1 atom stereocenters. The largest absolute Gasteiger partial charge is 0.371 e. The highest BCUT2D eigenvalue weighted by Gasteiger charge is 2.22. The number of hydrogen-bond acceptors (Lipinski definition) is 3. The zero-order chi connectivity index (χ0) is 14.7. The Morgan fingerprint density at radius 2 is 2.14 bits per heavy atom. The minimum Gasteiger partial charge on any atom is -0.371 e. The van der Waals surface area contributed by atoms with Crippen molar-refractivity contribution in [3.05, 3.63) is 52.9 Å². The van der Waals surface area contributed by atoms with Gasteiger partial charge in [-0.1, -0.05) is 24.3 Å². The second-order valence-electron chi connectivity index (χ2n) is 5.19. The quantitative estimate of drug-likeness (QED) is 0.944. The van der Waals surface area contributed by atoms with Crippen LogP contribution in [-0.2, 0) is 17.8 Å². The van der Waals surface area contributed by atoms with Crippen molar-refractivity contribution in [2.75, 3.05) is 18.9 Å². The number of carbonyl (C=O) groups is 1. The number of hydrogen-bond donors (Lipinski definition) is 1. The van der Waals surface area contributed by atoms with Crippen molar-refractivity contribution in [3.63, 3.8) is 0 Å². The number of carbonyl (C=O) groups excluding carboxylic acids is 1. The summed E-state index contributed by atoms with van der Waals surface area (Å²) in [6.45, 7) is 1.22. The first kappa shape index (κ1) is 14.1. The SMILES string of the molecule is CN(C[C@H]1Cc2ccccc2CO1)C(=O)Nc1cccs1. The molecule has 4 nitrogen and oxygen atoms in total. The number of fused-ring (bicyclic) bond motifs is 1. The van der Waals surface area contributed by atoms with Crippen LogP contribution in [0, 0.1) is 0 Å². The van der Waals surface area contributed by atoms with Crippen LogP contribution in [0.25, 0.3) is 0 Å². The van der Waals surface area contributed by atoms with Crippen molar-refractivity contribution in [3.8, 4) is 0 Å². The second-order valence-corrected chi connectivity index (χ2v) is 6.14. The van der Waals surface area contributed by atoms with Crippen molar-refractivity contribution < 1.29 is 9.53 Å². The Morgan fingerprint density at radius 3 is 2.90 bits per heavy atom. The van der Waals surface area contributed by atoms with Crippen LogP contribution in [0.15, 0.2) is 41.8 Å². The van der Waals surface area contributed by atoms with E-state index in [1.165, 1.54) is 22.5 Å². The van der Waals surface area contributed by atoms with Gasteiger partial charge in [-0.05, 0) is 28.6 Å². The van der Waals surface area contributed by atoms with Crippen molar-refractivity contribution in [1.82, 2.24) is 4.90 Å². The van der Waals surface area contributed by atoms with E-state index in [4.69, 9.17) is 4.74 Å². The number of ether oxygens (including phenoxy) is 1. The maximum absolute atomic E-state index is 12.1. The Balaban J connectivity index is 1.56. The minimum absolute atomic E-state index is 0.0546. The lowest BCUT2D eigenvalue weighted by Crippen LogP contribution is -2.40. The molecule has 21 heavy (non-hydrogen) atoms. The first-order chi connectivity index (χ1) is 10.2. The molecule has 110 valence electrons. The number of nitrogens with one attached hydrogen (secondary N) is 1. The summed E-state index contributed by atoms with van der Waals surface area (Å²) in [5, 5.41) is 5.68. The molecule has 0 fully saturated rings. The van der Waals surface area contributed by atoms with Gasteiger partial charge in [0.25, 0.3) is 0 Å². The molecule has 1 aromatic heterocycles. The van der Waals surface area contributed by atoms with E-state index >= 15 is 0 Å². The zero-order valence-electron chi connectivity index (χ0n) is 11.9. The second kappa shape index (κ2) is 6.28. The summed E-state index contributed by atoms with van der Waals surface area (Å²) < 4.78 is 5.84. The molecular weight excluding hydrogens is 284 g/mol. The van der Waals surface area contributed by atoms with Gasteiger partial charge in [-0.15, -0.1) is 11.3 Å². The van der Waals surface area contributed by atoms with Gasteiger partial charge in [0, 0.05) is 20.0 Å². The normalized spacial score (nSPS) is 17.1. The number of nitrogens with zero attached hydrogens (tertiary/aromatic N) is 1. The Hall–Kier alpha value is -1.85. The lowest BCUT2D eigenvalue weighted by Gasteiger charge is -2.29. The molecule has 2 heterocycles. The molecule has 0 bridgehead atoms. The average molecular weight is 302 g/mol. The van der Waals surface area contributed by atoms with Gasteiger partial charge in [0.2, 0.25) is 0 Å². The van der Waals surface area contributed by atoms with Gasteiger partial charge in [0.15, 0.2) is 0 Å². The first-order valence-electron chi connectivity index (χ1n) is 6.96. The van der Waals surface area contributed by atoms with Gasteiger partial charge in [-0.2, -0.15) is 0 Å².